The number of carbonyl (C=O) groups is 2. The summed E-state index contributed by atoms with van der Waals surface area (Å²) in [6.45, 7) is 2.68. The van der Waals surface area contributed by atoms with Crippen molar-refractivity contribution >= 4 is 22.1 Å². The van der Waals surface area contributed by atoms with Crippen LogP contribution in [0.5, 0.6) is 0 Å². The fourth-order valence-electron chi connectivity index (χ4n) is 1.90. The van der Waals surface area contributed by atoms with Gasteiger partial charge in [0.1, 0.15) is 0 Å². The Hall–Kier alpha value is -1.23. The predicted molar refractivity (Wildman–Crippen MR) is 71.7 cm³/mol. The quantitative estimate of drug-likeness (QED) is 0.549. The lowest BCUT2D eigenvalue weighted by Gasteiger charge is -2.39. The van der Waals surface area contributed by atoms with E-state index < -0.39 is 34.1 Å². The molecule has 21 heavy (non-hydrogen) atoms. The third-order valence-corrected chi connectivity index (χ3v) is 4.38. The summed E-state index contributed by atoms with van der Waals surface area (Å²) in [7, 11) is -3.90. The second kappa shape index (κ2) is 7.16. The number of carboxylic acid groups (broad SMARTS) is 1. The molecule has 122 valence electrons. The van der Waals surface area contributed by atoms with Crippen molar-refractivity contribution in [3.63, 3.8) is 0 Å². The Balaban J connectivity index is 2.66. The molecule has 1 rings (SSSR count). The van der Waals surface area contributed by atoms with Crippen molar-refractivity contribution in [2.24, 2.45) is 5.73 Å². The van der Waals surface area contributed by atoms with Crippen molar-refractivity contribution in [3.05, 3.63) is 0 Å². The minimum absolute atomic E-state index is 0.250. The Labute approximate surface area is 123 Å². The lowest BCUT2D eigenvalue weighted by molar-refractivity contribution is -0.156. The largest absolute Gasteiger partial charge is 0.479 e. The van der Waals surface area contributed by atoms with Crippen molar-refractivity contribution in [1.82, 2.24) is 4.90 Å². The van der Waals surface area contributed by atoms with E-state index in [1.165, 1.54) is 11.8 Å². The lowest BCUT2D eigenvalue weighted by Crippen LogP contribution is -2.64. The Bertz CT molecular complexity index is 487. The summed E-state index contributed by atoms with van der Waals surface area (Å²) in [5.74, 6) is -2.63. The molecule has 3 N–H and O–H groups in total. The topological polar surface area (TPSA) is 136 Å². The summed E-state index contributed by atoms with van der Waals surface area (Å²) < 4.78 is 31.7. The van der Waals surface area contributed by atoms with E-state index in [0.29, 0.717) is 26.3 Å². The molecule has 0 aromatic heterocycles. The van der Waals surface area contributed by atoms with Gasteiger partial charge in [-0.15, -0.1) is 0 Å². The highest BCUT2D eigenvalue weighted by Gasteiger charge is 2.41. The molecule has 0 amide bonds. The summed E-state index contributed by atoms with van der Waals surface area (Å²) in [5, 5.41) is 9.30. The SMILES string of the molecule is CCS(=O)(=O)OC(=O)CC[C@](N)(C(=O)O)N1CCOCC1. The predicted octanol–water partition coefficient (Wildman–Crippen LogP) is -1.27. The first kappa shape index (κ1) is 17.8. The smallest absolute Gasteiger partial charge is 0.338 e. The van der Waals surface area contributed by atoms with Gasteiger partial charge in [-0.3, -0.25) is 9.69 Å². The highest BCUT2D eigenvalue weighted by Crippen LogP contribution is 2.19. The summed E-state index contributed by atoms with van der Waals surface area (Å²) in [6.07, 6.45) is -0.653. The van der Waals surface area contributed by atoms with E-state index in [2.05, 4.69) is 4.18 Å². The van der Waals surface area contributed by atoms with Crippen LogP contribution in [0, 0.1) is 0 Å². The van der Waals surface area contributed by atoms with E-state index in [1.54, 1.807) is 0 Å². The number of nitrogens with two attached hydrogens (primary N) is 1. The Morgan fingerprint density at radius 2 is 1.95 bits per heavy atom. The van der Waals surface area contributed by atoms with Crippen LogP contribution in [0.2, 0.25) is 0 Å². The molecule has 0 radical (unpaired) electrons. The molecule has 0 aromatic carbocycles. The van der Waals surface area contributed by atoms with Crippen LogP contribution in [-0.4, -0.2) is 68.1 Å². The van der Waals surface area contributed by atoms with Crippen LogP contribution in [0.1, 0.15) is 19.8 Å². The molecule has 1 heterocycles. The first-order valence-corrected chi connectivity index (χ1v) is 8.09. The molecule has 1 saturated heterocycles. The molecule has 1 aliphatic heterocycles. The number of hydrogen-bond acceptors (Lipinski definition) is 8. The number of carbonyl (C=O) groups excluding carboxylic acids is 1. The van der Waals surface area contributed by atoms with E-state index in [1.807, 2.05) is 0 Å². The van der Waals surface area contributed by atoms with Crippen LogP contribution in [0.4, 0.5) is 0 Å². The van der Waals surface area contributed by atoms with Gasteiger partial charge in [-0.2, -0.15) is 8.42 Å². The fourth-order valence-corrected chi connectivity index (χ4v) is 2.38. The van der Waals surface area contributed by atoms with Gasteiger partial charge >= 0.3 is 22.1 Å². The van der Waals surface area contributed by atoms with Crippen LogP contribution >= 0.6 is 0 Å². The molecule has 0 unspecified atom stereocenters. The molecule has 1 aliphatic rings. The molecule has 0 aliphatic carbocycles. The molecular weight excluding hydrogens is 304 g/mol. The molecule has 0 saturated carbocycles. The zero-order valence-corrected chi connectivity index (χ0v) is 12.6. The van der Waals surface area contributed by atoms with Gasteiger partial charge in [-0.1, -0.05) is 0 Å². The van der Waals surface area contributed by atoms with Gasteiger partial charge in [0.25, 0.3) is 0 Å². The maximum Gasteiger partial charge on any atom is 0.338 e. The number of nitrogens with zero attached hydrogens (tertiary/aromatic N) is 1. The average molecular weight is 324 g/mol. The zero-order valence-electron chi connectivity index (χ0n) is 11.8. The Morgan fingerprint density at radius 1 is 1.38 bits per heavy atom. The number of hydrogen-bond donors (Lipinski definition) is 2. The minimum Gasteiger partial charge on any atom is -0.479 e. The van der Waals surface area contributed by atoms with E-state index in [-0.39, 0.29) is 12.2 Å². The second-order valence-corrected chi connectivity index (χ2v) is 6.49. The van der Waals surface area contributed by atoms with E-state index in [4.69, 9.17) is 10.5 Å². The second-order valence-electron chi connectivity index (χ2n) is 4.63. The maximum atomic E-state index is 11.5. The summed E-state index contributed by atoms with van der Waals surface area (Å²) >= 11 is 0. The van der Waals surface area contributed by atoms with Crippen molar-refractivity contribution in [2.45, 2.75) is 25.4 Å². The van der Waals surface area contributed by atoms with Gasteiger partial charge in [-0.25, -0.2) is 4.79 Å². The first-order valence-electron chi connectivity index (χ1n) is 6.51. The van der Waals surface area contributed by atoms with Crippen LogP contribution < -0.4 is 5.73 Å². The molecule has 1 atom stereocenters. The average Bonchev–Trinajstić information content (AvgIpc) is 2.45. The van der Waals surface area contributed by atoms with Gasteiger partial charge in [0.2, 0.25) is 0 Å². The zero-order chi connectivity index (χ0) is 16.1. The summed E-state index contributed by atoms with van der Waals surface area (Å²) in [4.78, 5) is 24.4. The number of ether oxygens (including phenoxy) is 1. The summed E-state index contributed by atoms with van der Waals surface area (Å²) in [6, 6.07) is 0. The lowest BCUT2D eigenvalue weighted by atomic mass is 10.0. The van der Waals surface area contributed by atoms with Crippen LogP contribution in [-0.2, 0) is 28.6 Å². The van der Waals surface area contributed by atoms with Crippen molar-refractivity contribution < 1.29 is 32.0 Å². The standard InChI is InChI=1S/C11H20N2O7S/c1-2-21(17,18)20-9(14)3-4-11(12,10(15)16)13-5-7-19-8-6-13/h2-8,12H2,1H3,(H,15,16)/t11-/m1/s1. The number of morpholine rings is 1. The fraction of sp³-hybridized carbons (Fsp3) is 0.818. The molecule has 10 heteroatoms. The highest BCUT2D eigenvalue weighted by atomic mass is 32.2. The first-order chi connectivity index (χ1) is 9.71. The molecule has 0 aromatic rings. The Kier molecular flexibility index (Phi) is 6.08. The third kappa shape index (κ3) is 4.92. The maximum absolute atomic E-state index is 11.5. The van der Waals surface area contributed by atoms with Crippen LogP contribution in [0.15, 0.2) is 0 Å². The number of rotatable bonds is 7. The molecule has 9 nitrogen and oxygen atoms in total. The van der Waals surface area contributed by atoms with Crippen LogP contribution in [0.3, 0.4) is 0 Å². The number of carboxylic acids is 1. The van der Waals surface area contributed by atoms with E-state index in [9.17, 15) is 23.1 Å². The van der Waals surface area contributed by atoms with Gasteiger partial charge < -0.3 is 19.8 Å². The highest BCUT2D eigenvalue weighted by molar-refractivity contribution is 7.87. The molecule has 1 fully saturated rings. The molecular formula is C11H20N2O7S. The molecule has 0 bridgehead atoms. The Morgan fingerprint density at radius 3 is 2.43 bits per heavy atom. The minimum atomic E-state index is -3.90. The van der Waals surface area contributed by atoms with Gasteiger partial charge in [0.15, 0.2) is 5.66 Å². The van der Waals surface area contributed by atoms with Crippen LogP contribution in [0.25, 0.3) is 0 Å². The van der Waals surface area contributed by atoms with Gasteiger partial charge in [0.05, 0.1) is 25.4 Å². The number of aliphatic carboxylic acids is 1. The molecule has 0 spiro atoms. The summed E-state index contributed by atoms with van der Waals surface area (Å²) in [5.41, 5.74) is 4.12. The van der Waals surface area contributed by atoms with Gasteiger partial charge in [0, 0.05) is 19.5 Å². The van der Waals surface area contributed by atoms with E-state index in [0.717, 1.165) is 0 Å². The van der Waals surface area contributed by atoms with Crippen molar-refractivity contribution in [1.29, 1.82) is 0 Å². The monoisotopic (exact) mass is 324 g/mol. The third-order valence-electron chi connectivity index (χ3n) is 3.23. The van der Waals surface area contributed by atoms with Crippen molar-refractivity contribution in [2.75, 3.05) is 32.1 Å². The van der Waals surface area contributed by atoms with Crippen molar-refractivity contribution in [3.8, 4) is 0 Å². The van der Waals surface area contributed by atoms with Gasteiger partial charge in [-0.05, 0) is 6.92 Å². The van der Waals surface area contributed by atoms with E-state index >= 15 is 0 Å². The normalized spacial score (nSPS) is 19.7.